The van der Waals surface area contributed by atoms with E-state index in [1.165, 1.54) is 25.7 Å². The molecule has 3 atom stereocenters. The second kappa shape index (κ2) is 9.33. The van der Waals surface area contributed by atoms with Crippen LogP contribution in [0, 0.1) is 23.7 Å². The van der Waals surface area contributed by atoms with Crippen molar-refractivity contribution in [2.75, 3.05) is 0 Å². The maximum absolute atomic E-state index is 14.7. The molecule has 2 nitrogen and oxygen atoms in total. The predicted octanol–water partition coefficient (Wildman–Crippen LogP) is 7.02. The van der Waals surface area contributed by atoms with Crippen molar-refractivity contribution in [3.63, 3.8) is 0 Å². The SMILES string of the molecule is CC1CCC(C2CCC(C(F)(F)OC3CCC(OC(F)(F)F)C(F)C3)CC2)CC1. The Morgan fingerprint density at radius 1 is 0.690 bits per heavy atom. The predicted molar refractivity (Wildman–Crippen MR) is 96.1 cm³/mol. The fourth-order valence-electron chi connectivity index (χ4n) is 5.47. The molecular formula is C21H32F6O2. The van der Waals surface area contributed by atoms with E-state index in [1.807, 2.05) is 0 Å². The van der Waals surface area contributed by atoms with Crippen LogP contribution in [0.4, 0.5) is 26.3 Å². The molecular weight excluding hydrogens is 398 g/mol. The highest BCUT2D eigenvalue weighted by atomic mass is 19.4. The standard InChI is InChI=1S/C21H32F6O2/c1-13-2-4-14(5-3-13)15-6-8-16(9-7-15)20(23,24)28-17-10-11-19(18(22)12-17)29-21(25,26)27/h13-19H,2-12H2,1H3. The van der Waals surface area contributed by atoms with Crippen LogP contribution in [0.1, 0.15) is 77.6 Å². The van der Waals surface area contributed by atoms with Crippen molar-refractivity contribution in [1.82, 2.24) is 0 Å². The molecule has 3 unspecified atom stereocenters. The lowest BCUT2D eigenvalue weighted by Crippen LogP contribution is -2.44. The largest absolute Gasteiger partial charge is 0.522 e. The first-order valence-corrected chi connectivity index (χ1v) is 11.0. The third kappa shape index (κ3) is 6.49. The molecule has 0 bridgehead atoms. The van der Waals surface area contributed by atoms with Gasteiger partial charge in [0.1, 0.15) is 6.17 Å². The number of ether oxygens (including phenoxy) is 2. The van der Waals surface area contributed by atoms with Crippen LogP contribution in [-0.2, 0) is 9.47 Å². The summed E-state index contributed by atoms with van der Waals surface area (Å²) in [4.78, 5) is 0. The Kier molecular flexibility index (Phi) is 7.45. The van der Waals surface area contributed by atoms with Gasteiger partial charge >= 0.3 is 12.5 Å². The van der Waals surface area contributed by atoms with Gasteiger partial charge in [-0.2, -0.15) is 8.78 Å². The van der Waals surface area contributed by atoms with E-state index in [4.69, 9.17) is 4.74 Å². The first kappa shape index (κ1) is 23.2. The Morgan fingerprint density at radius 2 is 1.24 bits per heavy atom. The first-order chi connectivity index (χ1) is 13.5. The van der Waals surface area contributed by atoms with Gasteiger partial charge in [0.2, 0.25) is 0 Å². The molecule has 0 amide bonds. The Morgan fingerprint density at radius 3 is 1.76 bits per heavy atom. The van der Waals surface area contributed by atoms with E-state index in [1.54, 1.807) is 0 Å². The van der Waals surface area contributed by atoms with E-state index in [-0.39, 0.29) is 12.8 Å². The molecule has 3 aliphatic rings. The Bertz CT molecular complexity index is 510. The van der Waals surface area contributed by atoms with Gasteiger partial charge in [-0.05, 0) is 69.1 Å². The Balaban J connectivity index is 1.44. The molecule has 0 N–H and O–H groups in total. The second-order valence-electron chi connectivity index (χ2n) is 9.36. The van der Waals surface area contributed by atoms with E-state index in [2.05, 4.69) is 11.7 Å². The number of halogens is 6. The normalized spacial score (nSPS) is 40.0. The lowest BCUT2D eigenvalue weighted by Gasteiger charge is -2.40. The minimum atomic E-state index is -4.93. The van der Waals surface area contributed by atoms with E-state index < -0.39 is 43.2 Å². The van der Waals surface area contributed by atoms with Gasteiger partial charge in [-0.15, -0.1) is 13.2 Å². The third-order valence-electron chi connectivity index (χ3n) is 7.25. The zero-order valence-electron chi connectivity index (χ0n) is 16.9. The summed E-state index contributed by atoms with van der Waals surface area (Å²) in [5.74, 6) is 0.998. The van der Waals surface area contributed by atoms with Crippen molar-refractivity contribution >= 4 is 0 Å². The topological polar surface area (TPSA) is 18.5 Å². The minimum Gasteiger partial charge on any atom is -0.317 e. The van der Waals surface area contributed by atoms with Crippen LogP contribution in [-0.4, -0.2) is 30.9 Å². The molecule has 0 aliphatic heterocycles. The molecule has 3 saturated carbocycles. The molecule has 170 valence electrons. The van der Waals surface area contributed by atoms with Crippen LogP contribution < -0.4 is 0 Å². The average molecular weight is 430 g/mol. The molecule has 0 aromatic carbocycles. The first-order valence-electron chi connectivity index (χ1n) is 11.0. The molecule has 0 heterocycles. The van der Waals surface area contributed by atoms with Crippen molar-refractivity contribution in [2.45, 2.75) is 108 Å². The molecule has 0 spiro atoms. The van der Waals surface area contributed by atoms with E-state index in [9.17, 15) is 26.3 Å². The summed E-state index contributed by atoms with van der Waals surface area (Å²) >= 11 is 0. The van der Waals surface area contributed by atoms with Gasteiger partial charge in [-0.25, -0.2) is 4.39 Å². The van der Waals surface area contributed by atoms with Crippen LogP contribution in [0.3, 0.4) is 0 Å². The molecule has 3 fully saturated rings. The summed E-state index contributed by atoms with van der Waals surface area (Å²) < 4.78 is 88.8. The highest BCUT2D eigenvalue weighted by Gasteiger charge is 2.47. The van der Waals surface area contributed by atoms with Gasteiger partial charge in [-0.3, -0.25) is 4.74 Å². The third-order valence-corrected chi connectivity index (χ3v) is 7.25. The quantitative estimate of drug-likeness (QED) is 0.436. The maximum atomic E-state index is 14.7. The molecule has 0 radical (unpaired) electrons. The zero-order valence-corrected chi connectivity index (χ0v) is 16.9. The van der Waals surface area contributed by atoms with Crippen molar-refractivity contribution in [2.24, 2.45) is 23.7 Å². The average Bonchev–Trinajstić information content (AvgIpc) is 2.63. The fraction of sp³-hybridized carbons (Fsp3) is 1.00. The van der Waals surface area contributed by atoms with Gasteiger partial charge in [0.15, 0.2) is 0 Å². The van der Waals surface area contributed by atoms with Gasteiger partial charge in [0, 0.05) is 6.42 Å². The molecule has 0 aromatic rings. The van der Waals surface area contributed by atoms with Crippen molar-refractivity contribution in [3.05, 3.63) is 0 Å². The second-order valence-corrected chi connectivity index (χ2v) is 9.36. The number of alkyl halides is 6. The summed E-state index contributed by atoms with van der Waals surface area (Å²) in [7, 11) is 0. The lowest BCUT2D eigenvalue weighted by atomic mass is 9.69. The van der Waals surface area contributed by atoms with Crippen LogP contribution >= 0.6 is 0 Å². The monoisotopic (exact) mass is 430 g/mol. The fourth-order valence-corrected chi connectivity index (χ4v) is 5.47. The molecule has 0 aromatic heterocycles. The Hall–Kier alpha value is -0.500. The van der Waals surface area contributed by atoms with Crippen LogP contribution in [0.5, 0.6) is 0 Å². The van der Waals surface area contributed by atoms with Crippen LogP contribution in [0.25, 0.3) is 0 Å². The minimum absolute atomic E-state index is 0.0631. The van der Waals surface area contributed by atoms with E-state index in [0.29, 0.717) is 24.7 Å². The summed E-state index contributed by atoms with van der Waals surface area (Å²) in [5.41, 5.74) is 0. The van der Waals surface area contributed by atoms with Crippen molar-refractivity contribution in [3.8, 4) is 0 Å². The lowest BCUT2D eigenvalue weighted by molar-refractivity contribution is -0.357. The Labute approximate surface area is 168 Å². The van der Waals surface area contributed by atoms with Gasteiger partial charge < -0.3 is 4.74 Å². The molecule has 0 saturated heterocycles. The maximum Gasteiger partial charge on any atom is 0.522 e. The summed E-state index contributed by atoms with van der Waals surface area (Å²) in [5, 5.41) is 0. The highest BCUT2D eigenvalue weighted by molar-refractivity contribution is 4.86. The van der Waals surface area contributed by atoms with Crippen molar-refractivity contribution < 1.29 is 35.8 Å². The van der Waals surface area contributed by atoms with Crippen LogP contribution in [0.15, 0.2) is 0 Å². The summed E-state index contributed by atoms with van der Waals surface area (Å²) in [6, 6.07) is 0. The summed E-state index contributed by atoms with van der Waals surface area (Å²) in [6.45, 7) is 2.26. The smallest absolute Gasteiger partial charge is 0.317 e. The molecule has 3 aliphatic carbocycles. The van der Waals surface area contributed by atoms with E-state index in [0.717, 1.165) is 18.8 Å². The van der Waals surface area contributed by atoms with Gasteiger partial charge in [0.05, 0.1) is 18.1 Å². The van der Waals surface area contributed by atoms with Gasteiger partial charge in [0.25, 0.3) is 0 Å². The molecule has 8 heteroatoms. The number of rotatable bonds is 5. The number of hydrogen-bond donors (Lipinski definition) is 0. The van der Waals surface area contributed by atoms with E-state index >= 15 is 0 Å². The summed E-state index contributed by atoms with van der Waals surface area (Å²) in [6.07, 6.45) is -6.72. The zero-order chi connectivity index (χ0) is 21.2. The van der Waals surface area contributed by atoms with Crippen molar-refractivity contribution in [1.29, 1.82) is 0 Å². The van der Waals surface area contributed by atoms with Gasteiger partial charge in [-0.1, -0.05) is 19.8 Å². The molecule has 3 rings (SSSR count). The van der Waals surface area contributed by atoms with Crippen LogP contribution in [0.2, 0.25) is 0 Å². The highest BCUT2D eigenvalue weighted by Crippen LogP contribution is 2.46. The molecule has 29 heavy (non-hydrogen) atoms. The number of hydrogen-bond acceptors (Lipinski definition) is 2.